The van der Waals surface area contributed by atoms with E-state index in [4.69, 9.17) is 9.63 Å². The number of carbonyl (C=O) groups is 1. The van der Waals surface area contributed by atoms with Crippen molar-refractivity contribution in [2.24, 2.45) is 0 Å². The highest BCUT2D eigenvalue weighted by Gasteiger charge is 2.39. The van der Waals surface area contributed by atoms with Crippen LogP contribution in [0.5, 0.6) is 0 Å². The Kier molecular flexibility index (Phi) is 4.66. The number of aromatic carboxylic acids is 1. The zero-order valence-electron chi connectivity index (χ0n) is 14.1. The lowest BCUT2D eigenvalue weighted by molar-refractivity contribution is 0.0697. The molecule has 1 aromatic heterocycles. The molecule has 0 unspecified atom stereocenters. The molecule has 0 amide bonds. The van der Waals surface area contributed by atoms with Crippen LogP contribution in [0.2, 0.25) is 0 Å². The monoisotopic (exact) mass is 329 g/mol. The van der Waals surface area contributed by atoms with Crippen molar-refractivity contribution in [3.8, 4) is 0 Å². The second-order valence-electron chi connectivity index (χ2n) is 6.76. The normalized spacial score (nSPS) is 16.6. The minimum atomic E-state index is -0.908. The van der Waals surface area contributed by atoms with E-state index in [-0.39, 0.29) is 11.5 Å². The summed E-state index contributed by atoms with van der Waals surface area (Å²) >= 11 is 0. The molecule has 1 aromatic carbocycles. The first-order valence-corrected chi connectivity index (χ1v) is 8.41. The molecular weight excluding hydrogens is 306 g/mol. The van der Waals surface area contributed by atoms with Gasteiger partial charge in [0.05, 0.1) is 11.1 Å². The lowest BCUT2D eigenvalue weighted by Crippen LogP contribution is -2.40. The maximum absolute atomic E-state index is 10.9. The highest BCUT2D eigenvalue weighted by molar-refractivity contribution is 5.87. The molecule has 6 nitrogen and oxygen atoms in total. The van der Waals surface area contributed by atoms with E-state index in [0.29, 0.717) is 18.0 Å². The third kappa shape index (κ3) is 3.33. The first kappa shape index (κ1) is 16.6. The molecule has 0 saturated heterocycles. The molecule has 1 aliphatic rings. The van der Waals surface area contributed by atoms with E-state index in [1.54, 1.807) is 12.1 Å². The first-order chi connectivity index (χ1) is 11.5. The fourth-order valence-electron chi connectivity index (χ4n) is 3.16. The predicted octanol–water partition coefficient (Wildman–Crippen LogP) is 3.45. The van der Waals surface area contributed by atoms with Crippen LogP contribution in [-0.4, -0.2) is 21.2 Å². The number of nitrogens with zero attached hydrogens (tertiary/aromatic N) is 2. The number of carboxylic acids is 1. The van der Waals surface area contributed by atoms with Crippen LogP contribution in [0, 0.1) is 0 Å². The van der Waals surface area contributed by atoms with E-state index in [2.05, 4.69) is 15.5 Å². The van der Waals surface area contributed by atoms with Gasteiger partial charge >= 0.3 is 5.97 Å². The number of nitrogens with one attached hydrogen (secondary N) is 1. The molecule has 1 heterocycles. The van der Waals surface area contributed by atoms with Gasteiger partial charge in [0, 0.05) is 12.5 Å². The molecule has 1 aliphatic carbocycles. The zero-order valence-corrected chi connectivity index (χ0v) is 14.1. The van der Waals surface area contributed by atoms with Crippen LogP contribution < -0.4 is 5.32 Å². The summed E-state index contributed by atoms with van der Waals surface area (Å²) in [6, 6.07) is 6.95. The molecule has 1 fully saturated rings. The van der Waals surface area contributed by atoms with Crippen LogP contribution in [-0.2, 0) is 12.1 Å². The van der Waals surface area contributed by atoms with Gasteiger partial charge in [-0.25, -0.2) is 4.79 Å². The molecule has 128 valence electrons. The Labute approximate surface area is 141 Å². The number of rotatable bonds is 6. The summed E-state index contributed by atoms with van der Waals surface area (Å²) in [4.78, 5) is 15.5. The lowest BCUT2D eigenvalue weighted by atomic mass is 9.96. The highest BCUT2D eigenvalue weighted by Crippen LogP contribution is 2.38. The molecule has 0 aliphatic heterocycles. The Morgan fingerprint density at radius 3 is 2.50 bits per heavy atom. The van der Waals surface area contributed by atoms with E-state index >= 15 is 0 Å². The summed E-state index contributed by atoms with van der Waals surface area (Å²) in [5.41, 5.74) is 1.09. The molecule has 0 radical (unpaired) electrons. The van der Waals surface area contributed by atoms with Crippen molar-refractivity contribution in [2.75, 3.05) is 0 Å². The summed E-state index contributed by atoms with van der Waals surface area (Å²) in [6.07, 6.45) is 4.24. The standard InChI is InChI=1S/C18H23N3O3/c1-12(2)15-20-17(21-24-15)18(9-3-4-10-18)19-11-13-5-7-14(8-6-13)16(22)23/h5-8,12,19H,3-4,9-11H2,1-2H3,(H,22,23). The van der Waals surface area contributed by atoms with Gasteiger partial charge in [0.15, 0.2) is 5.82 Å². The Morgan fingerprint density at radius 1 is 1.29 bits per heavy atom. The minimum Gasteiger partial charge on any atom is -0.478 e. The van der Waals surface area contributed by atoms with Crippen molar-refractivity contribution in [3.05, 3.63) is 47.1 Å². The van der Waals surface area contributed by atoms with Crippen molar-refractivity contribution in [1.82, 2.24) is 15.5 Å². The maximum atomic E-state index is 10.9. The molecule has 6 heteroatoms. The highest BCUT2D eigenvalue weighted by atomic mass is 16.5. The fourth-order valence-corrected chi connectivity index (χ4v) is 3.16. The third-order valence-corrected chi connectivity index (χ3v) is 4.65. The fraction of sp³-hybridized carbons (Fsp3) is 0.500. The summed E-state index contributed by atoms with van der Waals surface area (Å²) in [7, 11) is 0. The van der Waals surface area contributed by atoms with Gasteiger partial charge in [-0.2, -0.15) is 4.98 Å². The zero-order chi connectivity index (χ0) is 17.2. The van der Waals surface area contributed by atoms with E-state index < -0.39 is 5.97 Å². The maximum Gasteiger partial charge on any atom is 0.335 e. The van der Waals surface area contributed by atoms with E-state index in [1.165, 1.54) is 0 Å². The Hall–Kier alpha value is -2.21. The SMILES string of the molecule is CC(C)c1nc(C2(NCc3ccc(C(=O)O)cc3)CCCC2)no1. The molecule has 0 spiro atoms. The average Bonchev–Trinajstić information content (AvgIpc) is 3.23. The van der Waals surface area contributed by atoms with Gasteiger partial charge in [-0.15, -0.1) is 0 Å². The number of hydrogen-bond acceptors (Lipinski definition) is 5. The Bertz CT molecular complexity index is 701. The predicted molar refractivity (Wildman–Crippen MR) is 88.8 cm³/mol. The van der Waals surface area contributed by atoms with Gasteiger partial charge in [-0.3, -0.25) is 0 Å². The molecule has 0 bridgehead atoms. The van der Waals surface area contributed by atoms with Gasteiger partial charge in [-0.05, 0) is 30.5 Å². The number of hydrogen-bond donors (Lipinski definition) is 2. The van der Waals surface area contributed by atoms with Crippen molar-refractivity contribution in [2.45, 2.75) is 57.5 Å². The molecular formula is C18H23N3O3. The summed E-state index contributed by atoms with van der Waals surface area (Å²) in [5.74, 6) is 0.720. The molecule has 24 heavy (non-hydrogen) atoms. The topological polar surface area (TPSA) is 88.2 Å². The van der Waals surface area contributed by atoms with Crippen LogP contribution >= 0.6 is 0 Å². The van der Waals surface area contributed by atoms with E-state index in [0.717, 1.165) is 37.1 Å². The number of benzene rings is 1. The minimum absolute atomic E-state index is 0.216. The second kappa shape index (κ2) is 6.73. The van der Waals surface area contributed by atoms with Crippen molar-refractivity contribution in [3.63, 3.8) is 0 Å². The smallest absolute Gasteiger partial charge is 0.335 e. The van der Waals surface area contributed by atoms with Crippen LogP contribution in [0.15, 0.2) is 28.8 Å². The largest absolute Gasteiger partial charge is 0.478 e. The quantitative estimate of drug-likeness (QED) is 0.844. The summed E-state index contributed by atoms with van der Waals surface area (Å²) in [5, 5.41) is 16.8. The third-order valence-electron chi connectivity index (χ3n) is 4.65. The summed E-state index contributed by atoms with van der Waals surface area (Å²) in [6.45, 7) is 4.72. The average molecular weight is 329 g/mol. The second-order valence-corrected chi connectivity index (χ2v) is 6.76. The van der Waals surface area contributed by atoms with Gasteiger partial charge in [0.25, 0.3) is 0 Å². The van der Waals surface area contributed by atoms with Gasteiger partial charge in [0.1, 0.15) is 0 Å². The first-order valence-electron chi connectivity index (χ1n) is 8.41. The van der Waals surface area contributed by atoms with Crippen molar-refractivity contribution in [1.29, 1.82) is 0 Å². The van der Waals surface area contributed by atoms with Gasteiger partial charge in [0.2, 0.25) is 5.89 Å². The van der Waals surface area contributed by atoms with Crippen molar-refractivity contribution >= 4 is 5.97 Å². The molecule has 1 saturated carbocycles. The molecule has 0 atom stereocenters. The van der Waals surface area contributed by atoms with Crippen LogP contribution in [0.25, 0.3) is 0 Å². The van der Waals surface area contributed by atoms with Gasteiger partial charge in [-0.1, -0.05) is 44.0 Å². The summed E-state index contributed by atoms with van der Waals surface area (Å²) < 4.78 is 5.39. The van der Waals surface area contributed by atoms with Gasteiger partial charge < -0.3 is 14.9 Å². The van der Waals surface area contributed by atoms with Crippen LogP contribution in [0.1, 0.15) is 73.1 Å². The number of aromatic nitrogens is 2. The Balaban J connectivity index is 1.75. The lowest BCUT2D eigenvalue weighted by Gasteiger charge is -2.27. The van der Waals surface area contributed by atoms with Crippen molar-refractivity contribution < 1.29 is 14.4 Å². The van der Waals surface area contributed by atoms with Crippen LogP contribution in [0.4, 0.5) is 0 Å². The molecule has 2 aromatic rings. The van der Waals surface area contributed by atoms with E-state index in [1.807, 2.05) is 26.0 Å². The van der Waals surface area contributed by atoms with Crippen LogP contribution in [0.3, 0.4) is 0 Å². The Morgan fingerprint density at radius 2 is 1.96 bits per heavy atom. The molecule has 2 N–H and O–H groups in total. The number of carboxylic acid groups (broad SMARTS) is 1. The molecule has 3 rings (SSSR count). The van der Waals surface area contributed by atoms with E-state index in [9.17, 15) is 4.79 Å².